The minimum absolute atomic E-state index is 0.143. The molecule has 1 atom stereocenters. The standard InChI is InChI=1S/C17H33NO/c1-15(2,3)11-13(16(4,5)6)18-10-9-17(7,8)12-14(18)19/h13H,9-12H2,1-8H3. The van der Waals surface area contributed by atoms with Gasteiger partial charge >= 0.3 is 0 Å². The number of hydrogen-bond donors (Lipinski definition) is 0. The summed E-state index contributed by atoms with van der Waals surface area (Å²) in [6.45, 7) is 18.9. The predicted molar refractivity (Wildman–Crippen MR) is 82.0 cm³/mol. The summed E-state index contributed by atoms with van der Waals surface area (Å²) in [7, 11) is 0. The molecule has 19 heavy (non-hydrogen) atoms. The van der Waals surface area contributed by atoms with E-state index in [1.54, 1.807) is 0 Å². The molecule has 1 amide bonds. The normalized spacial score (nSPS) is 22.5. The van der Waals surface area contributed by atoms with E-state index in [4.69, 9.17) is 0 Å². The highest BCUT2D eigenvalue weighted by molar-refractivity contribution is 5.78. The molecule has 2 nitrogen and oxygen atoms in total. The topological polar surface area (TPSA) is 20.3 Å². The van der Waals surface area contributed by atoms with E-state index in [2.05, 4.69) is 60.3 Å². The number of rotatable bonds is 2. The Kier molecular flexibility index (Phi) is 4.44. The van der Waals surface area contributed by atoms with Crippen molar-refractivity contribution in [1.29, 1.82) is 0 Å². The maximum Gasteiger partial charge on any atom is 0.223 e. The van der Waals surface area contributed by atoms with E-state index in [0.717, 1.165) is 19.4 Å². The van der Waals surface area contributed by atoms with Crippen LogP contribution >= 0.6 is 0 Å². The second kappa shape index (κ2) is 5.10. The Labute approximate surface area is 119 Å². The number of piperidine rings is 1. The highest BCUT2D eigenvalue weighted by atomic mass is 16.2. The summed E-state index contributed by atoms with van der Waals surface area (Å²) in [6, 6.07) is 0.344. The fraction of sp³-hybridized carbons (Fsp3) is 0.941. The van der Waals surface area contributed by atoms with E-state index < -0.39 is 0 Å². The molecule has 0 spiro atoms. The molecule has 1 aliphatic heterocycles. The van der Waals surface area contributed by atoms with Gasteiger partial charge in [-0.15, -0.1) is 0 Å². The van der Waals surface area contributed by atoms with Crippen LogP contribution in [0.25, 0.3) is 0 Å². The average molecular weight is 267 g/mol. The van der Waals surface area contributed by atoms with Crippen LogP contribution in [0.15, 0.2) is 0 Å². The minimum Gasteiger partial charge on any atom is -0.339 e. The Balaban J connectivity index is 2.91. The first kappa shape index (κ1) is 16.5. The van der Waals surface area contributed by atoms with Crippen molar-refractivity contribution in [3.63, 3.8) is 0 Å². The predicted octanol–water partition coefficient (Wildman–Crippen LogP) is 4.49. The molecule has 0 N–H and O–H groups in total. The van der Waals surface area contributed by atoms with E-state index in [9.17, 15) is 4.79 Å². The first-order valence-electron chi connectivity index (χ1n) is 7.61. The lowest BCUT2D eigenvalue weighted by atomic mass is 9.74. The fourth-order valence-corrected chi connectivity index (χ4v) is 2.94. The molecular formula is C17H33NO. The van der Waals surface area contributed by atoms with Crippen LogP contribution in [0.1, 0.15) is 74.7 Å². The van der Waals surface area contributed by atoms with Gasteiger partial charge in [-0.2, -0.15) is 0 Å². The number of nitrogens with zero attached hydrogens (tertiary/aromatic N) is 1. The van der Waals surface area contributed by atoms with Crippen LogP contribution in [0.4, 0.5) is 0 Å². The molecule has 1 heterocycles. The molecule has 0 aromatic heterocycles. The number of carbonyl (C=O) groups is 1. The van der Waals surface area contributed by atoms with E-state index in [-0.39, 0.29) is 16.2 Å². The molecule has 0 aromatic carbocycles. The Bertz CT molecular complexity index is 330. The van der Waals surface area contributed by atoms with Crippen molar-refractivity contribution in [3.8, 4) is 0 Å². The van der Waals surface area contributed by atoms with Crippen molar-refractivity contribution < 1.29 is 4.79 Å². The minimum atomic E-state index is 0.143. The molecule has 1 aliphatic rings. The van der Waals surface area contributed by atoms with Crippen molar-refractivity contribution in [3.05, 3.63) is 0 Å². The number of hydrogen-bond acceptors (Lipinski definition) is 1. The van der Waals surface area contributed by atoms with Gasteiger partial charge in [0.2, 0.25) is 5.91 Å². The summed E-state index contributed by atoms with van der Waals surface area (Å²) >= 11 is 0. The summed E-state index contributed by atoms with van der Waals surface area (Å²) in [5.74, 6) is 0.348. The SMILES string of the molecule is CC(C)(C)CC(N1CCC(C)(C)CC1=O)C(C)(C)C. The van der Waals surface area contributed by atoms with Gasteiger partial charge in [-0.05, 0) is 29.1 Å². The van der Waals surface area contributed by atoms with Gasteiger partial charge in [-0.25, -0.2) is 0 Å². The van der Waals surface area contributed by atoms with E-state index in [0.29, 0.717) is 18.4 Å². The third-order valence-corrected chi connectivity index (χ3v) is 4.16. The van der Waals surface area contributed by atoms with E-state index in [1.165, 1.54) is 0 Å². The second-order valence-corrected chi connectivity index (χ2v) is 9.32. The van der Waals surface area contributed by atoms with E-state index >= 15 is 0 Å². The molecule has 1 unspecified atom stereocenters. The lowest BCUT2D eigenvalue weighted by Crippen LogP contribution is -2.53. The first-order valence-corrected chi connectivity index (χ1v) is 7.61. The maximum absolute atomic E-state index is 12.5. The van der Waals surface area contributed by atoms with Crippen LogP contribution in [0, 0.1) is 16.2 Å². The monoisotopic (exact) mass is 267 g/mol. The Morgan fingerprint density at radius 2 is 1.68 bits per heavy atom. The van der Waals surface area contributed by atoms with Gasteiger partial charge in [0.25, 0.3) is 0 Å². The zero-order valence-electron chi connectivity index (χ0n) is 14.3. The summed E-state index contributed by atoms with van der Waals surface area (Å²) in [5, 5.41) is 0. The molecule has 0 aromatic rings. The molecule has 1 fully saturated rings. The Hall–Kier alpha value is -0.530. The quantitative estimate of drug-likeness (QED) is 0.722. The van der Waals surface area contributed by atoms with Crippen LogP contribution < -0.4 is 0 Å². The summed E-state index contributed by atoms with van der Waals surface area (Å²) < 4.78 is 0. The van der Waals surface area contributed by atoms with Gasteiger partial charge < -0.3 is 4.90 Å². The van der Waals surface area contributed by atoms with Crippen LogP contribution in [0.3, 0.4) is 0 Å². The van der Waals surface area contributed by atoms with Gasteiger partial charge in [0.05, 0.1) is 0 Å². The Morgan fingerprint density at radius 3 is 2.05 bits per heavy atom. The smallest absolute Gasteiger partial charge is 0.223 e. The molecule has 1 saturated heterocycles. The highest BCUT2D eigenvalue weighted by Gasteiger charge is 2.40. The van der Waals surface area contributed by atoms with Crippen molar-refractivity contribution in [2.45, 2.75) is 80.7 Å². The second-order valence-electron chi connectivity index (χ2n) is 9.32. The molecule has 0 aliphatic carbocycles. The van der Waals surface area contributed by atoms with Crippen molar-refractivity contribution in [1.82, 2.24) is 4.90 Å². The maximum atomic E-state index is 12.5. The van der Waals surface area contributed by atoms with Crippen LogP contribution in [0.5, 0.6) is 0 Å². The molecule has 0 bridgehead atoms. The fourth-order valence-electron chi connectivity index (χ4n) is 2.94. The van der Waals surface area contributed by atoms with Gasteiger partial charge in [-0.1, -0.05) is 55.4 Å². The van der Waals surface area contributed by atoms with Crippen molar-refractivity contribution in [2.24, 2.45) is 16.2 Å². The van der Waals surface area contributed by atoms with E-state index in [1.807, 2.05) is 0 Å². The lowest BCUT2D eigenvalue weighted by Gasteiger charge is -2.47. The van der Waals surface area contributed by atoms with Gasteiger partial charge in [0.15, 0.2) is 0 Å². The van der Waals surface area contributed by atoms with Crippen LogP contribution in [-0.2, 0) is 4.79 Å². The van der Waals surface area contributed by atoms with Crippen LogP contribution in [0.2, 0.25) is 0 Å². The third kappa shape index (κ3) is 4.81. The number of carbonyl (C=O) groups excluding carboxylic acids is 1. The summed E-state index contributed by atoms with van der Waals surface area (Å²) in [4.78, 5) is 14.7. The summed E-state index contributed by atoms with van der Waals surface area (Å²) in [5.41, 5.74) is 0.577. The molecule has 0 radical (unpaired) electrons. The highest BCUT2D eigenvalue weighted by Crippen LogP contribution is 2.39. The van der Waals surface area contributed by atoms with Gasteiger partial charge in [0.1, 0.15) is 0 Å². The van der Waals surface area contributed by atoms with Crippen LogP contribution in [-0.4, -0.2) is 23.4 Å². The molecule has 112 valence electrons. The lowest BCUT2D eigenvalue weighted by molar-refractivity contribution is -0.143. The van der Waals surface area contributed by atoms with Crippen molar-refractivity contribution in [2.75, 3.05) is 6.54 Å². The average Bonchev–Trinajstić information content (AvgIpc) is 2.10. The Morgan fingerprint density at radius 1 is 1.16 bits per heavy atom. The molecule has 1 rings (SSSR count). The number of likely N-dealkylation sites (tertiary alicyclic amines) is 1. The molecule has 0 saturated carbocycles. The van der Waals surface area contributed by atoms with Gasteiger partial charge in [0, 0.05) is 19.0 Å². The number of amides is 1. The molecular weight excluding hydrogens is 234 g/mol. The largest absolute Gasteiger partial charge is 0.339 e. The zero-order chi connectivity index (χ0) is 15.1. The third-order valence-electron chi connectivity index (χ3n) is 4.16. The van der Waals surface area contributed by atoms with Crippen molar-refractivity contribution >= 4 is 5.91 Å². The zero-order valence-corrected chi connectivity index (χ0v) is 14.3. The molecule has 2 heteroatoms. The van der Waals surface area contributed by atoms with Gasteiger partial charge in [-0.3, -0.25) is 4.79 Å². The first-order chi connectivity index (χ1) is 8.32. The summed E-state index contributed by atoms with van der Waals surface area (Å²) in [6.07, 6.45) is 2.89.